The monoisotopic (exact) mass is 300 g/mol. The molecule has 0 saturated heterocycles. The van der Waals surface area contributed by atoms with Crippen LogP contribution in [0, 0.1) is 5.92 Å². The standard InChI is InChI=1S/C17H29ClO2/c1-6-17(5,18)12-11-14(3)9-8-10-15(4)13-16(19)20-7-2/h8,10,13-14H,6-7,9,11-12H2,1-5H3/b10-8+,15-13+. The highest BCUT2D eigenvalue weighted by atomic mass is 35.5. The summed E-state index contributed by atoms with van der Waals surface area (Å²) in [5.41, 5.74) is 0.923. The Morgan fingerprint density at radius 2 is 2.05 bits per heavy atom. The summed E-state index contributed by atoms with van der Waals surface area (Å²) in [4.78, 5) is 11.2. The molecule has 2 atom stereocenters. The van der Waals surface area contributed by atoms with Crippen LogP contribution in [0.15, 0.2) is 23.8 Å². The second-order valence-corrected chi connectivity index (χ2v) is 6.60. The van der Waals surface area contributed by atoms with Gasteiger partial charge in [0.2, 0.25) is 0 Å². The largest absolute Gasteiger partial charge is 0.463 e. The number of ether oxygens (including phenoxy) is 1. The minimum absolute atomic E-state index is 0.0717. The zero-order valence-corrected chi connectivity index (χ0v) is 14.3. The van der Waals surface area contributed by atoms with Gasteiger partial charge >= 0.3 is 5.97 Å². The van der Waals surface area contributed by atoms with Gasteiger partial charge in [-0.15, -0.1) is 11.6 Å². The number of rotatable bonds is 9. The van der Waals surface area contributed by atoms with Crippen LogP contribution < -0.4 is 0 Å². The van der Waals surface area contributed by atoms with E-state index < -0.39 is 0 Å². The predicted molar refractivity (Wildman–Crippen MR) is 87.1 cm³/mol. The number of hydrogen-bond donors (Lipinski definition) is 0. The zero-order chi connectivity index (χ0) is 15.6. The molecule has 0 aromatic rings. The van der Waals surface area contributed by atoms with Crippen LogP contribution in [0.5, 0.6) is 0 Å². The lowest BCUT2D eigenvalue weighted by atomic mass is 9.93. The summed E-state index contributed by atoms with van der Waals surface area (Å²) in [6.07, 6.45) is 9.79. The van der Waals surface area contributed by atoms with Crippen molar-refractivity contribution >= 4 is 17.6 Å². The first kappa shape index (κ1) is 19.2. The maximum absolute atomic E-state index is 11.2. The molecule has 0 fully saturated rings. The molecular formula is C17H29ClO2. The van der Waals surface area contributed by atoms with Crippen molar-refractivity contribution in [2.75, 3.05) is 6.61 Å². The maximum atomic E-state index is 11.2. The molecule has 0 bridgehead atoms. The fraction of sp³-hybridized carbons (Fsp3) is 0.706. The number of carbonyl (C=O) groups excluding carboxylic acids is 1. The Labute approximate surface area is 129 Å². The lowest BCUT2D eigenvalue weighted by Crippen LogP contribution is -2.15. The van der Waals surface area contributed by atoms with E-state index in [1.165, 1.54) is 6.08 Å². The van der Waals surface area contributed by atoms with Gasteiger partial charge in [-0.3, -0.25) is 0 Å². The molecule has 0 aromatic carbocycles. The number of esters is 1. The molecule has 3 heteroatoms. The Morgan fingerprint density at radius 3 is 2.60 bits per heavy atom. The molecule has 0 rings (SSSR count). The molecular weight excluding hydrogens is 272 g/mol. The quantitative estimate of drug-likeness (QED) is 0.251. The smallest absolute Gasteiger partial charge is 0.330 e. The minimum Gasteiger partial charge on any atom is -0.463 e. The summed E-state index contributed by atoms with van der Waals surface area (Å²) in [7, 11) is 0. The third-order valence-electron chi connectivity index (χ3n) is 3.45. The van der Waals surface area contributed by atoms with Crippen molar-refractivity contribution in [3.8, 4) is 0 Å². The first-order valence-electron chi connectivity index (χ1n) is 7.51. The average molecular weight is 301 g/mol. The average Bonchev–Trinajstić information content (AvgIpc) is 2.36. The summed E-state index contributed by atoms with van der Waals surface area (Å²) in [5.74, 6) is 0.329. The molecule has 0 aliphatic carbocycles. The van der Waals surface area contributed by atoms with Crippen molar-refractivity contribution in [3.63, 3.8) is 0 Å². The van der Waals surface area contributed by atoms with Crippen LogP contribution in [0.25, 0.3) is 0 Å². The Kier molecular flexibility index (Phi) is 9.66. The van der Waals surface area contributed by atoms with E-state index >= 15 is 0 Å². The highest BCUT2D eigenvalue weighted by Gasteiger charge is 2.18. The zero-order valence-electron chi connectivity index (χ0n) is 13.5. The van der Waals surface area contributed by atoms with Crippen molar-refractivity contribution in [1.82, 2.24) is 0 Å². The van der Waals surface area contributed by atoms with Crippen molar-refractivity contribution in [2.24, 2.45) is 5.92 Å². The highest BCUT2D eigenvalue weighted by molar-refractivity contribution is 6.23. The Balaban J connectivity index is 4.08. The lowest BCUT2D eigenvalue weighted by Gasteiger charge is -2.21. The van der Waals surface area contributed by atoms with Gasteiger partial charge in [-0.1, -0.05) is 26.0 Å². The van der Waals surface area contributed by atoms with Crippen molar-refractivity contribution < 1.29 is 9.53 Å². The van der Waals surface area contributed by atoms with Crippen LogP contribution in [0.4, 0.5) is 0 Å². The summed E-state index contributed by atoms with van der Waals surface area (Å²) >= 11 is 6.36. The molecule has 0 heterocycles. The van der Waals surface area contributed by atoms with Gasteiger partial charge in [-0.2, -0.15) is 0 Å². The van der Waals surface area contributed by atoms with Gasteiger partial charge in [0.1, 0.15) is 0 Å². The summed E-state index contributed by atoms with van der Waals surface area (Å²) in [6.45, 7) is 10.6. The normalized spacial score (nSPS) is 17.0. The molecule has 0 radical (unpaired) electrons. The van der Waals surface area contributed by atoms with Crippen LogP contribution in [0.1, 0.15) is 60.3 Å². The van der Waals surface area contributed by atoms with Crippen LogP contribution in [-0.2, 0) is 9.53 Å². The van der Waals surface area contributed by atoms with Crippen molar-refractivity contribution in [1.29, 1.82) is 0 Å². The second-order valence-electron chi connectivity index (χ2n) is 5.69. The third-order valence-corrected chi connectivity index (χ3v) is 3.90. The summed E-state index contributed by atoms with van der Waals surface area (Å²) in [5, 5.41) is 0. The second kappa shape index (κ2) is 10.0. The lowest BCUT2D eigenvalue weighted by molar-refractivity contribution is -0.137. The van der Waals surface area contributed by atoms with Crippen LogP contribution >= 0.6 is 11.6 Å². The first-order valence-corrected chi connectivity index (χ1v) is 7.89. The first-order chi connectivity index (χ1) is 9.30. The number of alkyl halides is 1. The number of hydrogen-bond acceptors (Lipinski definition) is 2. The van der Waals surface area contributed by atoms with E-state index in [0.29, 0.717) is 12.5 Å². The number of halogens is 1. The van der Waals surface area contributed by atoms with Crippen LogP contribution in [0.3, 0.4) is 0 Å². The molecule has 0 aliphatic rings. The molecule has 116 valence electrons. The number of allylic oxidation sites excluding steroid dienone is 3. The van der Waals surface area contributed by atoms with Gasteiger partial charge < -0.3 is 4.74 Å². The predicted octanol–water partition coefficient (Wildman–Crippen LogP) is 5.27. The van der Waals surface area contributed by atoms with E-state index in [1.807, 2.05) is 13.0 Å². The van der Waals surface area contributed by atoms with Crippen LogP contribution in [-0.4, -0.2) is 17.5 Å². The minimum atomic E-state index is -0.274. The van der Waals surface area contributed by atoms with E-state index in [1.54, 1.807) is 6.92 Å². The van der Waals surface area contributed by atoms with Gasteiger partial charge in [0.25, 0.3) is 0 Å². The molecule has 20 heavy (non-hydrogen) atoms. The molecule has 0 aromatic heterocycles. The molecule has 2 nitrogen and oxygen atoms in total. The number of carbonyl (C=O) groups is 1. The highest BCUT2D eigenvalue weighted by Crippen LogP contribution is 2.27. The Bertz CT molecular complexity index is 343. The Morgan fingerprint density at radius 1 is 1.40 bits per heavy atom. The molecule has 2 unspecified atom stereocenters. The topological polar surface area (TPSA) is 26.3 Å². The summed E-state index contributed by atoms with van der Waals surface area (Å²) < 4.78 is 4.86. The van der Waals surface area contributed by atoms with Crippen LogP contribution in [0.2, 0.25) is 0 Å². The fourth-order valence-corrected chi connectivity index (χ4v) is 1.86. The SMILES string of the molecule is CCOC(=O)/C=C(C)/C=C/CC(C)CCC(C)(Cl)CC. The molecule has 0 N–H and O–H groups in total. The van der Waals surface area contributed by atoms with Gasteiger partial charge in [-0.25, -0.2) is 4.79 Å². The molecule has 0 amide bonds. The molecule has 0 aliphatic heterocycles. The van der Waals surface area contributed by atoms with Gasteiger partial charge in [0.15, 0.2) is 0 Å². The van der Waals surface area contributed by atoms with E-state index in [9.17, 15) is 4.79 Å². The van der Waals surface area contributed by atoms with E-state index in [2.05, 4.69) is 26.8 Å². The molecule has 0 saturated carbocycles. The van der Waals surface area contributed by atoms with E-state index in [-0.39, 0.29) is 10.8 Å². The Hall–Kier alpha value is -0.760. The van der Waals surface area contributed by atoms with Crippen molar-refractivity contribution in [2.45, 2.75) is 65.2 Å². The maximum Gasteiger partial charge on any atom is 0.330 e. The fourth-order valence-electron chi connectivity index (χ4n) is 1.75. The van der Waals surface area contributed by atoms with E-state index in [4.69, 9.17) is 16.3 Å². The van der Waals surface area contributed by atoms with Gasteiger partial charge in [0.05, 0.1) is 6.61 Å². The molecule has 0 spiro atoms. The van der Waals surface area contributed by atoms with Gasteiger partial charge in [-0.05, 0) is 57.9 Å². The van der Waals surface area contributed by atoms with Crippen molar-refractivity contribution in [3.05, 3.63) is 23.8 Å². The van der Waals surface area contributed by atoms with Gasteiger partial charge in [0, 0.05) is 11.0 Å². The summed E-state index contributed by atoms with van der Waals surface area (Å²) in [6, 6.07) is 0. The van der Waals surface area contributed by atoms with E-state index in [0.717, 1.165) is 31.3 Å². The third kappa shape index (κ3) is 10.1.